The van der Waals surface area contributed by atoms with Crippen LogP contribution in [0.15, 0.2) is 48.5 Å². The Morgan fingerprint density at radius 1 is 1.15 bits per heavy atom. The molecule has 0 atom stereocenters. The highest BCUT2D eigenvalue weighted by Gasteiger charge is 2.19. The van der Waals surface area contributed by atoms with Gasteiger partial charge in [-0.15, -0.1) is 0 Å². The fourth-order valence-corrected chi connectivity index (χ4v) is 3.75. The Hall–Kier alpha value is -4.22. The summed E-state index contributed by atoms with van der Waals surface area (Å²) in [7, 11) is 0. The minimum absolute atomic E-state index is 0.0140. The fourth-order valence-electron chi connectivity index (χ4n) is 3.58. The van der Waals surface area contributed by atoms with Crippen LogP contribution in [0, 0.1) is 25.2 Å². The molecule has 0 unspecified atom stereocenters. The number of benzene rings is 2. The highest BCUT2D eigenvalue weighted by molar-refractivity contribution is 6.31. The summed E-state index contributed by atoms with van der Waals surface area (Å²) < 4.78 is 1.78. The third kappa shape index (κ3) is 4.40. The van der Waals surface area contributed by atoms with Crippen LogP contribution < -0.4 is 11.1 Å². The maximum absolute atomic E-state index is 13.3. The van der Waals surface area contributed by atoms with Crippen molar-refractivity contribution < 1.29 is 9.59 Å². The van der Waals surface area contributed by atoms with Crippen molar-refractivity contribution in [3.8, 4) is 6.07 Å². The number of hydrogen-bond acceptors (Lipinski definition) is 5. The molecule has 0 fully saturated rings. The molecule has 0 aliphatic heterocycles. The first-order valence-electron chi connectivity index (χ1n) is 10.0. The van der Waals surface area contributed by atoms with Gasteiger partial charge in [-0.2, -0.15) is 10.4 Å². The van der Waals surface area contributed by atoms with Crippen molar-refractivity contribution in [3.05, 3.63) is 87.3 Å². The average Bonchev–Trinajstić information content (AvgIpc) is 3.06. The molecule has 0 aliphatic carbocycles. The minimum Gasteiger partial charge on any atom is -0.364 e. The summed E-state index contributed by atoms with van der Waals surface area (Å²) in [6.07, 6.45) is 0. The van der Waals surface area contributed by atoms with Crippen LogP contribution in [0.5, 0.6) is 0 Å². The third-order valence-corrected chi connectivity index (χ3v) is 5.54. The fraction of sp³-hybridized carbons (Fsp3) is 0.125. The molecule has 2 amide bonds. The first-order chi connectivity index (χ1) is 15.8. The number of aromatic nitrogens is 3. The summed E-state index contributed by atoms with van der Waals surface area (Å²) in [5.74, 6) is -1.17. The Kier molecular flexibility index (Phi) is 5.82. The van der Waals surface area contributed by atoms with E-state index >= 15 is 0 Å². The van der Waals surface area contributed by atoms with E-state index in [0.717, 1.165) is 11.3 Å². The zero-order chi connectivity index (χ0) is 23.7. The first kappa shape index (κ1) is 22.0. The van der Waals surface area contributed by atoms with E-state index in [-0.39, 0.29) is 11.3 Å². The zero-order valence-electron chi connectivity index (χ0n) is 17.9. The van der Waals surface area contributed by atoms with Crippen molar-refractivity contribution >= 4 is 40.0 Å². The third-order valence-electron chi connectivity index (χ3n) is 5.30. The number of pyridine rings is 1. The number of carbonyl (C=O) groups is 2. The highest BCUT2D eigenvalue weighted by atomic mass is 35.5. The summed E-state index contributed by atoms with van der Waals surface area (Å²) in [5, 5.41) is 17.4. The number of amides is 2. The number of halogens is 1. The number of aryl methyl sites for hydroxylation is 1. The van der Waals surface area contributed by atoms with E-state index in [9.17, 15) is 9.59 Å². The van der Waals surface area contributed by atoms with Crippen LogP contribution >= 0.6 is 11.6 Å². The lowest BCUT2D eigenvalue weighted by Crippen LogP contribution is -2.18. The molecule has 0 radical (unpaired) electrons. The van der Waals surface area contributed by atoms with E-state index in [4.69, 9.17) is 22.6 Å². The molecule has 4 aromatic rings. The second-order valence-corrected chi connectivity index (χ2v) is 7.98. The average molecular weight is 459 g/mol. The van der Waals surface area contributed by atoms with Crippen molar-refractivity contribution in [1.29, 1.82) is 5.26 Å². The quantitative estimate of drug-likeness (QED) is 0.467. The molecule has 0 bridgehead atoms. The Morgan fingerprint density at radius 3 is 2.55 bits per heavy atom. The van der Waals surface area contributed by atoms with Gasteiger partial charge in [-0.05, 0) is 55.8 Å². The van der Waals surface area contributed by atoms with Crippen LogP contribution in [0.3, 0.4) is 0 Å². The lowest BCUT2D eigenvalue weighted by Gasteiger charge is -2.11. The number of carbonyl (C=O) groups excluding carboxylic acids is 2. The van der Waals surface area contributed by atoms with E-state index in [1.165, 1.54) is 6.07 Å². The number of nitrogens with zero attached hydrogens (tertiary/aromatic N) is 4. The predicted octanol–water partition coefficient (Wildman–Crippen LogP) is 3.97. The number of anilines is 1. The summed E-state index contributed by atoms with van der Waals surface area (Å²) in [6.45, 7) is 4.14. The van der Waals surface area contributed by atoms with E-state index in [0.29, 0.717) is 39.4 Å². The van der Waals surface area contributed by atoms with Crippen molar-refractivity contribution in [1.82, 2.24) is 14.8 Å². The molecule has 33 heavy (non-hydrogen) atoms. The molecule has 0 spiro atoms. The number of rotatable bonds is 5. The van der Waals surface area contributed by atoms with Gasteiger partial charge >= 0.3 is 0 Å². The van der Waals surface area contributed by atoms with Gasteiger partial charge in [0.2, 0.25) is 0 Å². The highest BCUT2D eigenvalue weighted by Crippen LogP contribution is 2.26. The van der Waals surface area contributed by atoms with Crippen molar-refractivity contribution in [3.63, 3.8) is 0 Å². The Bertz CT molecular complexity index is 1450. The first-order valence-corrected chi connectivity index (χ1v) is 10.4. The number of nitriles is 1. The minimum atomic E-state index is -0.733. The largest absolute Gasteiger partial charge is 0.364 e. The summed E-state index contributed by atoms with van der Waals surface area (Å²) in [5.41, 5.74) is 9.59. The molecule has 0 saturated heterocycles. The molecule has 2 heterocycles. The SMILES string of the molecule is Cc1nn(Cc2ccc(C#N)cc2)c(C)c1NC(=O)c1cc(C(N)=O)nc2ccc(Cl)cc12. The molecule has 2 aromatic heterocycles. The van der Waals surface area contributed by atoms with Crippen LogP contribution in [0.4, 0.5) is 5.69 Å². The van der Waals surface area contributed by atoms with Crippen molar-refractivity contribution in [2.45, 2.75) is 20.4 Å². The van der Waals surface area contributed by atoms with Crippen LogP contribution in [0.1, 0.15) is 43.4 Å². The van der Waals surface area contributed by atoms with Crippen molar-refractivity contribution in [2.24, 2.45) is 5.73 Å². The topological polar surface area (TPSA) is 127 Å². The number of hydrogen-bond donors (Lipinski definition) is 2. The van der Waals surface area contributed by atoms with E-state index in [2.05, 4.69) is 21.5 Å². The van der Waals surface area contributed by atoms with Crippen LogP contribution in [-0.2, 0) is 6.54 Å². The Labute approximate surface area is 194 Å². The maximum Gasteiger partial charge on any atom is 0.267 e. The molecule has 2 aromatic carbocycles. The molecule has 8 nitrogen and oxygen atoms in total. The number of fused-ring (bicyclic) bond motifs is 1. The molecular formula is C24H19ClN6O2. The van der Waals surface area contributed by atoms with Gasteiger partial charge in [0.1, 0.15) is 5.69 Å². The lowest BCUT2D eigenvalue weighted by molar-refractivity contribution is 0.0996. The Balaban J connectivity index is 1.68. The van der Waals surface area contributed by atoms with Gasteiger partial charge in [0, 0.05) is 10.4 Å². The van der Waals surface area contributed by atoms with E-state index in [1.807, 2.05) is 19.1 Å². The van der Waals surface area contributed by atoms with E-state index in [1.54, 1.807) is 41.9 Å². The monoisotopic (exact) mass is 458 g/mol. The van der Waals surface area contributed by atoms with Crippen LogP contribution in [0.25, 0.3) is 10.9 Å². The number of primary amides is 1. The number of nitrogens with two attached hydrogens (primary N) is 1. The van der Waals surface area contributed by atoms with Crippen molar-refractivity contribution in [2.75, 3.05) is 5.32 Å². The van der Waals surface area contributed by atoms with Gasteiger partial charge in [0.15, 0.2) is 0 Å². The number of nitrogens with one attached hydrogen (secondary N) is 1. The van der Waals surface area contributed by atoms with Crippen LogP contribution in [-0.4, -0.2) is 26.6 Å². The Morgan fingerprint density at radius 2 is 1.88 bits per heavy atom. The molecule has 3 N–H and O–H groups in total. The molecule has 4 rings (SSSR count). The second-order valence-electron chi connectivity index (χ2n) is 7.55. The summed E-state index contributed by atoms with van der Waals surface area (Å²) in [6, 6.07) is 15.6. The normalized spacial score (nSPS) is 10.7. The second kappa shape index (κ2) is 8.73. The summed E-state index contributed by atoms with van der Waals surface area (Å²) in [4.78, 5) is 29.2. The predicted molar refractivity (Wildman–Crippen MR) is 125 cm³/mol. The van der Waals surface area contributed by atoms with Gasteiger partial charge in [-0.25, -0.2) is 4.98 Å². The van der Waals surface area contributed by atoms with Gasteiger partial charge in [0.25, 0.3) is 11.8 Å². The zero-order valence-corrected chi connectivity index (χ0v) is 18.6. The molecule has 164 valence electrons. The van der Waals surface area contributed by atoms with E-state index < -0.39 is 11.8 Å². The van der Waals surface area contributed by atoms with Gasteiger partial charge in [-0.3, -0.25) is 14.3 Å². The van der Waals surface area contributed by atoms with Gasteiger partial charge < -0.3 is 11.1 Å². The summed E-state index contributed by atoms with van der Waals surface area (Å²) >= 11 is 6.13. The lowest BCUT2D eigenvalue weighted by atomic mass is 10.1. The molecule has 0 aliphatic rings. The molecular weight excluding hydrogens is 440 g/mol. The van der Waals surface area contributed by atoms with Crippen LogP contribution in [0.2, 0.25) is 5.02 Å². The van der Waals surface area contributed by atoms with Gasteiger partial charge in [-0.1, -0.05) is 23.7 Å². The maximum atomic E-state index is 13.3. The molecule has 0 saturated carbocycles. The standard InChI is InChI=1S/C24H19ClN6O2/c1-13-22(14(2)31(30-13)12-16-5-3-15(11-26)4-6-16)29-24(33)19-10-21(23(27)32)28-20-8-7-17(25)9-18(19)20/h3-10H,12H2,1-2H3,(H2,27,32)(H,29,33). The molecule has 9 heteroatoms. The smallest absolute Gasteiger partial charge is 0.267 e. The van der Waals surface area contributed by atoms with Gasteiger partial charge in [0.05, 0.1) is 46.3 Å².